The zero-order valence-electron chi connectivity index (χ0n) is 39.7. The first-order chi connectivity index (χ1) is 30.7. The summed E-state index contributed by atoms with van der Waals surface area (Å²) in [7, 11) is 5.59. The molecule has 338 valence electrons. The smallest absolute Gasteiger partial charge is 0.134 e. The molecule has 0 radical (unpaired) electrons. The number of nitrogens with zero attached hydrogens (tertiary/aromatic N) is 12. The van der Waals surface area contributed by atoms with E-state index in [0.717, 1.165) is 17.1 Å². The number of rotatable bonds is 18. The summed E-state index contributed by atoms with van der Waals surface area (Å²) in [6.45, 7) is 16.4. The van der Waals surface area contributed by atoms with Gasteiger partial charge in [0, 0.05) is 74.6 Å². The van der Waals surface area contributed by atoms with Crippen molar-refractivity contribution in [2.75, 3.05) is 73.8 Å². The highest BCUT2D eigenvalue weighted by molar-refractivity contribution is 5.59. The van der Waals surface area contributed by atoms with Gasteiger partial charge in [0.1, 0.15) is 76.9 Å². The molecule has 3 aliphatic carbocycles. The molecule has 0 bridgehead atoms. The Morgan fingerprint density at radius 3 is 1.00 bits per heavy atom. The molecule has 0 spiro atoms. The Kier molecular flexibility index (Phi) is 18.3. The van der Waals surface area contributed by atoms with Gasteiger partial charge in [-0.1, -0.05) is 48.5 Å². The van der Waals surface area contributed by atoms with E-state index in [4.69, 9.17) is 14.2 Å². The van der Waals surface area contributed by atoms with E-state index in [1.54, 1.807) is 0 Å². The van der Waals surface area contributed by atoms with Gasteiger partial charge in [-0.3, -0.25) is 0 Å². The van der Waals surface area contributed by atoms with Crippen molar-refractivity contribution in [3.8, 4) is 54.6 Å². The van der Waals surface area contributed by atoms with Crippen molar-refractivity contribution in [3.05, 3.63) is 67.2 Å². The van der Waals surface area contributed by atoms with Gasteiger partial charge < -0.3 is 28.9 Å². The average molecular weight is 877 g/mol. The Balaban J connectivity index is 1.89. The van der Waals surface area contributed by atoms with E-state index in [2.05, 4.69) is 18.2 Å². The quantitative estimate of drug-likeness (QED) is 0.0940. The Bertz CT molecular complexity index is 2290. The number of allylic oxidation sites excluding steroid dienone is 12. The van der Waals surface area contributed by atoms with E-state index >= 15 is 0 Å². The minimum atomic E-state index is -0.932. The number of hydrogen-bond donors (Lipinski definition) is 0. The van der Waals surface area contributed by atoms with Crippen molar-refractivity contribution in [3.63, 3.8) is 0 Å². The highest BCUT2D eigenvalue weighted by atomic mass is 16.6. The van der Waals surface area contributed by atoms with Gasteiger partial charge >= 0.3 is 0 Å². The summed E-state index contributed by atoms with van der Waals surface area (Å²) in [4.78, 5) is 5.82. The highest BCUT2D eigenvalue weighted by Crippen LogP contribution is 2.46. The number of hydrogen-bond acceptors (Lipinski definition) is 15. The van der Waals surface area contributed by atoms with Crippen molar-refractivity contribution >= 4 is 0 Å². The van der Waals surface area contributed by atoms with Crippen LogP contribution in [0.15, 0.2) is 67.2 Å². The molecule has 0 fully saturated rings. The molecule has 15 nitrogen and oxygen atoms in total. The van der Waals surface area contributed by atoms with Crippen LogP contribution in [0.3, 0.4) is 0 Å². The van der Waals surface area contributed by atoms with Crippen LogP contribution < -0.4 is 0 Å². The SMILES string of the molecule is CCC(COCCN(C)C1=C(C#N)C(=C(C#N)C#N)CC(C)(C)C1)(COCCN(C)C1=C(C#N)C(=C(C#N)C#N)CC(C)(C)C1)OCCN(C)C1=C(C#N)C(=C(C#N)C#N)CC(C)(C)C1. The molecule has 65 heavy (non-hydrogen) atoms. The van der Waals surface area contributed by atoms with Gasteiger partial charge in [0.15, 0.2) is 0 Å². The van der Waals surface area contributed by atoms with Gasteiger partial charge in [0.05, 0.1) is 49.8 Å². The highest BCUT2D eigenvalue weighted by Gasteiger charge is 2.38. The van der Waals surface area contributed by atoms with Crippen molar-refractivity contribution in [1.29, 1.82) is 47.4 Å². The third-order valence-corrected chi connectivity index (χ3v) is 12.3. The first-order valence-corrected chi connectivity index (χ1v) is 21.6. The summed E-state index contributed by atoms with van der Waals surface area (Å²) in [5.41, 5.74) is 2.57. The summed E-state index contributed by atoms with van der Waals surface area (Å²) in [5.74, 6) is 0. The molecule has 0 heterocycles. The Hall–Kier alpha value is -6.87. The van der Waals surface area contributed by atoms with E-state index < -0.39 is 5.60 Å². The van der Waals surface area contributed by atoms with Gasteiger partial charge in [-0.2, -0.15) is 47.4 Å². The van der Waals surface area contributed by atoms with Crippen LogP contribution in [-0.2, 0) is 14.2 Å². The van der Waals surface area contributed by atoms with Crippen LogP contribution >= 0.6 is 0 Å². The standard InChI is InChI=1S/C50H60N12O3/c1-11-50(65-17-14-62(10)46-23-49(6,7)20-40(43(46)32-59)37(28-55)29-56,33-63-15-12-60(8)44-21-47(2,3)18-38(41(44)30-57)35(24-51)25-52)34-64-16-13-61(9)45-22-48(4,5)19-39(42(45)31-58)36(26-53)27-54/h11-23,33-34H2,1-10H3. The molecule has 0 saturated heterocycles. The Labute approximate surface area is 386 Å². The van der Waals surface area contributed by atoms with Crippen LogP contribution in [0.1, 0.15) is 93.4 Å². The summed E-state index contributed by atoms with van der Waals surface area (Å²) >= 11 is 0. The lowest BCUT2D eigenvalue weighted by Gasteiger charge is -2.39. The van der Waals surface area contributed by atoms with Crippen LogP contribution in [0.25, 0.3) is 0 Å². The Morgan fingerprint density at radius 1 is 0.477 bits per heavy atom. The second kappa shape index (κ2) is 22.7. The predicted octanol–water partition coefficient (Wildman–Crippen LogP) is 7.80. The number of ether oxygens (including phenoxy) is 3. The molecule has 0 aromatic rings. The monoisotopic (exact) mass is 876 g/mol. The van der Waals surface area contributed by atoms with Crippen LogP contribution in [0.5, 0.6) is 0 Å². The van der Waals surface area contributed by atoms with E-state index in [0.29, 0.717) is 98.0 Å². The van der Waals surface area contributed by atoms with Gasteiger partial charge in [0.2, 0.25) is 0 Å². The van der Waals surface area contributed by atoms with Crippen molar-refractivity contribution < 1.29 is 14.2 Å². The lowest BCUT2D eigenvalue weighted by molar-refractivity contribution is -0.140. The molecule has 0 atom stereocenters. The molecule has 0 aromatic heterocycles. The number of likely N-dealkylation sites (N-methyl/N-ethyl adjacent to an activating group) is 3. The largest absolute Gasteiger partial charge is 0.377 e. The molecule has 0 aliphatic heterocycles. The van der Waals surface area contributed by atoms with Crippen LogP contribution in [0.4, 0.5) is 0 Å². The average Bonchev–Trinajstić information content (AvgIpc) is 3.26. The van der Waals surface area contributed by atoms with Crippen molar-refractivity contribution in [1.82, 2.24) is 14.7 Å². The zero-order chi connectivity index (χ0) is 48.8. The van der Waals surface area contributed by atoms with Crippen LogP contribution in [0, 0.1) is 118 Å². The third kappa shape index (κ3) is 13.1. The van der Waals surface area contributed by atoms with E-state index in [1.807, 2.05) is 121 Å². The minimum absolute atomic E-state index is 0.0601. The fraction of sp³-hybridized carbons (Fsp3) is 0.580. The first kappa shape index (κ1) is 52.5. The maximum absolute atomic E-state index is 10.2. The summed E-state index contributed by atoms with van der Waals surface area (Å²) in [5, 5.41) is 88.7. The first-order valence-electron chi connectivity index (χ1n) is 21.6. The summed E-state index contributed by atoms with van der Waals surface area (Å²) in [6, 6.07) is 18.5. The topological polar surface area (TPSA) is 252 Å². The normalized spacial score (nSPS) is 17.4. The molecule has 15 heteroatoms. The van der Waals surface area contributed by atoms with Crippen molar-refractivity contribution in [2.24, 2.45) is 16.2 Å². The molecular formula is C50H60N12O3. The second-order valence-electron chi connectivity index (χ2n) is 19.3. The van der Waals surface area contributed by atoms with Crippen LogP contribution in [0.2, 0.25) is 0 Å². The fourth-order valence-corrected chi connectivity index (χ4v) is 8.68. The summed E-state index contributed by atoms with van der Waals surface area (Å²) < 4.78 is 19.4. The molecule has 0 N–H and O–H groups in total. The molecule has 0 saturated carbocycles. The summed E-state index contributed by atoms with van der Waals surface area (Å²) in [6.07, 6.45) is 3.50. The molecule has 0 aromatic carbocycles. The van der Waals surface area contributed by atoms with Gasteiger partial charge in [0.25, 0.3) is 0 Å². The molecule has 0 amide bonds. The Morgan fingerprint density at radius 2 is 0.754 bits per heavy atom. The van der Waals surface area contributed by atoms with E-state index in [9.17, 15) is 47.4 Å². The molecule has 0 unspecified atom stereocenters. The maximum Gasteiger partial charge on any atom is 0.134 e. The van der Waals surface area contributed by atoms with Gasteiger partial charge in [-0.05, 0) is 61.2 Å². The molecule has 3 aliphatic rings. The minimum Gasteiger partial charge on any atom is -0.377 e. The zero-order valence-corrected chi connectivity index (χ0v) is 39.7. The lowest BCUT2D eigenvalue weighted by atomic mass is 9.72. The van der Waals surface area contributed by atoms with E-state index in [1.165, 1.54) is 0 Å². The van der Waals surface area contributed by atoms with Crippen molar-refractivity contribution in [2.45, 2.75) is 99.0 Å². The predicted molar refractivity (Wildman–Crippen MR) is 240 cm³/mol. The van der Waals surface area contributed by atoms with Gasteiger partial charge in [-0.25, -0.2) is 0 Å². The molecule has 3 rings (SSSR count). The maximum atomic E-state index is 10.2. The number of nitriles is 9. The third-order valence-electron chi connectivity index (χ3n) is 12.3. The van der Waals surface area contributed by atoms with Crippen LogP contribution in [-0.4, -0.2) is 94.1 Å². The molecular weight excluding hydrogens is 817 g/mol. The lowest BCUT2D eigenvalue weighted by Crippen LogP contribution is -2.45. The van der Waals surface area contributed by atoms with Gasteiger partial charge in [-0.15, -0.1) is 0 Å². The second-order valence-corrected chi connectivity index (χ2v) is 19.3. The van der Waals surface area contributed by atoms with E-state index in [-0.39, 0.29) is 66.0 Å². The fourth-order valence-electron chi connectivity index (χ4n) is 8.68.